The Balaban J connectivity index is 1.48. The summed E-state index contributed by atoms with van der Waals surface area (Å²) in [5.41, 5.74) is 1.91. The average molecular weight is 566 g/mol. The highest BCUT2D eigenvalue weighted by Crippen LogP contribution is 2.32. The SMILES string of the molecule is CS(=O)(=O)c1cc(OCC2CCN(Cc3ccc(F)cc3)C(OC(=O)C(F)(F)F)C2)ccc1-c1ccccc1. The molecule has 0 aromatic heterocycles. The zero-order valence-electron chi connectivity index (χ0n) is 21.0. The van der Waals surface area contributed by atoms with Crippen molar-refractivity contribution in [1.82, 2.24) is 4.90 Å². The number of carbonyl (C=O) groups is 1. The Hall–Kier alpha value is -3.44. The highest BCUT2D eigenvalue weighted by Gasteiger charge is 2.44. The lowest BCUT2D eigenvalue weighted by Crippen LogP contribution is -2.47. The molecule has 4 rings (SSSR count). The van der Waals surface area contributed by atoms with Crippen LogP contribution in [-0.2, 0) is 25.9 Å². The smallest absolute Gasteiger partial charge is 0.490 e. The third kappa shape index (κ3) is 7.57. The Morgan fingerprint density at radius 2 is 1.72 bits per heavy atom. The van der Waals surface area contributed by atoms with Gasteiger partial charge in [0, 0.05) is 31.3 Å². The van der Waals surface area contributed by atoms with Gasteiger partial charge in [-0.05, 0) is 53.8 Å². The van der Waals surface area contributed by atoms with Crippen LogP contribution in [0.3, 0.4) is 0 Å². The van der Waals surface area contributed by atoms with Crippen LogP contribution in [-0.4, -0.2) is 51.1 Å². The first kappa shape index (κ1) is 28.6. The molecule has 11 heteroatoms. The van der Waals surface area contributed by atoms with Gasteiger partial charge in [-0.2, -0.15) is 13.2 Å². The summed E-state index contributed by atoms with van der Waals surface area (Å²) in [5, 5.41) is 0. The average Bonchev–Trinajstić information content (AvgIpc) is 2.89. The first-order valence-corrected chi connectivity index (χ1v) is 14.1. The molecule has 3 aromatic carbocycles. The van der Waals surface area contributed by atoms with Crippen molar-refractivity contribution < 1.29 is 40.2 Å². The van der Waals surface area contributed by atoms with Crippen molar-refractivity contribution in [3.05, 3.63) is 84.2 Å². The zero-order valence-corrected chi connectivity index (χ0v) is 21.8. The summed E-state index contributed by atoms with van der Waals surface area (Å²) in [6.07, 6.45) is -4.60. The van der Waals surface area contributed by atoms with Gasteiger partial charge in [-0.1, -0.05) is 42.5 Å². The number of hydrogen-bond donors (Lipinski definition) is 0. The lowest BCUT2D eigenvalue weighted by molar-refractivity contribution is -0.217. The lowest BCUT2D eigenvalue weighted by atomic mass is 9.95. The summed E-state index contributed by atoms with van der Waals surface area (Å²) < 4.78 is 87.8. The zero-order chi connectivity index (χ0) is 28.2. The molecule has 0 spiro atoms. The highest BCUT2D eigenvalue weighted by atomic mass is 32.2. The Morgan fingerprint density at radius 3 is 2.36 bits per heavy atom. The Labute approximate surface area is 224 Å². The molecule has 0 bridgehead atoms. The molecule has 0 aliphatic carbocycles. The molecule has 0 saturated carbocycles. The number of carbonyl (C=O) groups excluding carboxylic acids is 1. The van der Waals surface area contributed by atoms with Gasteiger partial charge in [0.05, 0.1) is 11.5 Å². The van der Waals surface area contributed by atoms with Gasteiger partial charge in [0.1, 0.15) is 11.6 Å². The predicted octanol–water partition coefficient (Wildman–Crippen LogP) is 5.62. The van der Waals surface area contributed by atoms with Crippen LogP contribution >= 0.6 is 0 Å². The normalized spacial score (nSPS) is 18.5. The molecule has 0 radical (unpaired) electrons. The number of ether oxygens (including phenoxy) is 2. The van der Waals surface area contributed by atoms with Crippen molar-refractivity contribution in [3.63, 3.8) is 0 Å². The number of nitrogens with zero attached hydrogens (tertiary/aromatic N) is 1. The summed E-state index contributed by atoms with van der Waals surface area (Å²) in [5.74, 6) is -2.69. The molecule has 1 aliphatic rings. The van der Waals surface area contributed by atoms with Gasteiger partial charge in [0.25, 0.3) is 0 Å². The number of halogens is 4. The summed E-state index contributed by atoms with van der Waals surface area (Å²) in [7, 11) is -3.60. The summed E-state index contributed by atoms with van der Waals surface area (Å²) in [6.45, 7) is 0.559. The van der Waals surface area contributed by atoms with Crippen LogP contribution in [0.15, 0.2) is 77.7 Å². The number of piperidine rings is 1. The van der Waals surface area contributed by atoms with Crippen LogP contribution in [0.1, 0.15) is 18.4 Å². The van der Waals surface area contributed by atoms with Gasteiger partial charge < -0.3 is 9.47 Å². The number of benzene rings is 3. The third-order valence-corrected chi connectivity index (χ3v) is 7.60. The van der Waals surface area contributed by atoms with Crippen molar-refractivity contribution in [1.29, 1.82) is 0 Å². The van der Waals surface area contributed by atoms with E-state index < -0.39 is 34.0 Å². The molecule has 39 heavy (non-hydrogen) atoms. The first-order chi connectivity index (χ1) is 18.4. The summed E-state index contributed by atoms with van der Waals surface area (Å²) >= 11 is 0. The predicted molar refractivity (Wildman–Crippen MR) is 136 cm³/mol. The van der Waals surface area contributed by atoms with E-state index in [1.807, 2.05) is 6.07 Å². The fourth-order valence-electron chi connectivity index (χ4n) is 4.48. The topological polar surface area (TPSA) is 72.9 Å². The number of rotatable bonds is 8. The fraction of sp³-hybridized carbons (Fsp3) is 0.321. The minimum Gasteiger partial charge on any atom is -0.493 e. The van der Waals surface area contributed by atoms with E-state index in [-0.39, 0.29) is 30.4 Å². The number of hydrogen-bond acceptors (Lipinski definition) is 6. The molecule has 2 unspecified atom stereocenters. The van der Waals surface area contributed by atoms with Crippen LogP contribution in [0.2, 0.25) is 0 Å². The Bertz CT molecular complexity index is 1400. The van der Waals surface area contributed by atoms with E-state index in [2.05, 4.69) is 0 Å². The van der Waals surface area contributed by atoms with E-state index in [4.69, 9.17) is 9.47 Å². The van der Waals surface area contributed by atoms with Gasteiger partial charge >= 0.3 is 12.1 Å². The largest absolute Gasteiger partial charge is 0.493 e. The Morgan fingerprint density at radius 1 is 1.03 bits per heavy atom. The van der Waals surface area contributed by atoms with Crippen molar-refractivity contribution in [2.45, 2.75) is 36.7 Å². The van der Waals surface area contributed by atoms with E-state index in [1.165, 1.54) is 30.3 Å². The van der Waals surface area contributed by atoms with Crippen molar-refractivity contribution in [2.24, 2.45) is 5.92 Å². The molecule has 1 heterocycles. The van der Waals surface area contributed by atoms with Crippen LogP contribution in [0, 0.1) is 11.7 Å². The Kier molecular flexibility index (Phi) is 8.60. The van der Waals surface area contributed by atoms with Gasteiger partial charge in [0.2, 0.25) is 0 Å². The number of sulfone groups is 1. The van der Waals surface area contributed by atoms with Gasteiger partial charge in [-0.25, -0.2) is 17.6 Å². The van der Waals surface area contributed by atoms with E-state index in [0.29, 0.717) is 29.8 Å². The van der Waals surface area contributed by atoms with Crippen molar-refractivity contribution in [3.8, 4) is 16.9 Å². The summed E-state index contributed by atoms with van der Waals surface area (Å²) in [6, 6.07) is 19.3. The van der Waals surface area contributed by atoms with Crippen LogP contribution in [0.25, 0.3) is 11.1 Å². The lowest BCUT2D eigenvalue weighted by Gasteiger charge is -2.38. The molecule has 2 atom stereocenters. The molecule has 0 amide bonds. The van der Waals surface area contributed by atoms with Crippen molar-refractivity contribution in [2.75, 3.05) is 19.4 Å². The standard InChI is InChI=1S/C28H27F4NO5S/c1-39(35,36)25-16-23(11-12-24(25)21-5-3-2-4-6-21)37-18-20-13-14-33(17-19-7-9-22(29)10-8-19)26(15-20)38-27(34)28(30,31)32/h2-12,16,20,26H,13-15,17-18H2,1H3. The molecule has 0 N–H and O–H groups in total. The van der Waals surface area contributed by atoms with Gasteiger partial charge in [-0.15, -0.1) is 0 Å². The maximum Gasteiger partial charge on any atom is 0.490 e. The number of alkyl halides is 3. The third-order valence-electron chi connectivity index (χ3n) is 6.46. The highest BCUT2D eigenvalue weighted by molar-refractivity contribution is 7.90. The van der Waals surface area contributed by atoms with Gasteiger partial charge in [-0.3, -0.25) is 4.90 Å². The monoisotopic (exact) mass is 565 g/mol. The molecule has 6 nitrogen and oxygen atoms in total. The molecule has 3 aromatic rings. The maximum atomic E-state index is 13.3. The first-order valence-electron chi connectivity index (χ1n) is 12.2. The number of likely N-dealkylation sites (tertiary alicyclic amines) is 1. The molecular weight excluding hydrogens is 538 g/mol. The van der Waals surface area contributed by atoms with Crippen LogP contribution in [0.4, 0.5) is 17.6 Å². The summed E-state index contributed by atoms with van der Waals surface area (Å²) in [4.78, 5) is 13.3. The second kappa shape index (κ2) is 11.7. The van der Waals surface area contributed by atoms with E-state index in [9.17, 15) is 30.8 Å². The van der Waals surface area contributed by atoms with Crippen LogP contribution < -0.4 is 4.74 Å². The second-order valence-corrected chi connectivity index (χ2v) is 11.4. The van der Waals surface area contributed by atoms with E-state index >= 15 is 0 Å². The minimum atomic E-state index is -5.15. The van der Waals surface area contributed by atoms with E-state index in [0.717, 1.165) is 11.8 Å². The van der Waals surface area contributed by atoms with Gasteiger partial charge in [0.15, 0.2) is 16.1 Å². The number of esters is 1. The quantitative estimate of drug-likeness (QED) is 0.261. The molecule has 1 fully saturated rings. The molecule has 208 valence electrons. The molecule has 1 aliphatic heterocycles. The maximum absolute atomic E-state index is 13.3. The van der Waals surface area contributed by atoms with E-state index in [1.54, 1.807) is 41.3 Å². The van der Waals surface area contributed by atoms with Crippen molar-refractivity contribution >= 4 is 15.8 Å². The fourth-order valence-corrected chi connectivity index (χ4v) is 5.40. The second-order valence-electron chi connectivity index (χ2n) is 9.45. The molecule has 1 saturated heterocycles. The minimum absolute atomic E-state index is 0.0735. The molecular formula is C28H27F4NO5S. The van der Waals surface area contributed by atoms with Crippen LogP contribution in [0.5, 0.6) is 5.75 Å².